The van der Waals surface area contributed by atoms with Crippen molar-refractivity contribution in [3.63, 3.8) is 0 Å². The normalized spacial score (nSPS) is 25.0. The van der Waals surface area contributed by atoms with Crippen LogP contribution < -0.4 is 10.4 Å². The number of phenolic OH excluding ortho intramolecular Hbond substituents is 1. The fourth-order valence-corrected chi connectivity index (χ4v) is 9.32. The molecule has 0 aliphatic carbocycles. The number of benzene rings is 2. The summed E-state index contributed by atoms with van der Waals surface area (Å²) in [6.07, 6.45) is 5.43. The van der Waals surface area contributed by atoms with Crippen LogP contribution in [-0.2, 0) is 0 Å². The second-order valence-corrected chi connectivity index (χ2v) is 11.0. The lowest BCUT2D eigenvalue weighted by molar-refractivity contribution is 0.432. The van der Waals surface area contributed by atoms with E-state index in [-0.39, 0.29) is 0 Å². The minimum Gasteiger partial charge on any atom is -0.508 e. The molecule has 1 saturated heterocycles. The fourth-order valence-electron chi connectivity index (χ4n) is 4.15. The van der Waals surface area contributed by atoms with Crippen molar-refractivity contribution in [2.75, 3.05) is 0 Å². The van der Waals surface area contributed by atoms with Gasteiger partial charge in [0.05, 0.1) is 0 Å². The Bertz CT molecular complexity index is 583. The fraction of sp³-hybridized carbons (Fsp3) is 0.400. The molecule has 0 aromatic heterocycles. The molecule has 0 bridgehead atoms. The highest BCUT2D eigenvalue weighted by atomic mass is 28.3. The molecule has 0 amide bonds. The number of phenols is 1. The van der Waals surface area contributed by atoms with Crippen molar-refractivity contribution < 1.29 is 5.11 Å². The van der Waals surface area contributed by atoms with Crippen LogP contribution in [0.25, 0.3) is 0 Å². The van der Waals surface area contributed by atoms with E-state index in [0.717, 1.165) is 5.92 Å². The lowest BCUT2D eigenvalue weighted by atomic mass is 9.97. The van der Waals surface area contributed by atoms with E-state index < -0.39 is 8.07 Å². The minimum atomic E-state index is -1.64. The summed E-state index contributed by atoms with van der Waals surface area (Å²) in [6.45, 7) is 2.30. The molecule has 1 fully saturated rings. The van der Waals surface area contributed by atoms with Gasteiger partial charge in [0.15, 0.2) is 0 Å². The second kappa shape index (κ2) is 6.70. The zero-order chi connectivity index (χ0) is 15.4. The summed E-state index contributed by atoms with van der Waals surface area (Å²) in [4.78, 5) is 0. The Morgan fingerprint density at radius 2 is 1.50 bits per heavy atom. The van der Waals surface area contributed by atoms with E-state index in [9.17, 15) is 5.11 Å². The average molecular weight is 311 g/mol. The lowest BCUT2D eigenvalue weighted by Crippen LogP contribution is -2.59. The van der Waals surface area contributed by atoms with Crippen LogP contribution in [0.2, 0.25) is 12.1 Å². The van der Waals surface area contributed by atoms with Gasteiger partial charge in [-0.05, 0) is 30.1 Å². The van der Waals surface area contributed by atoms with Crippen molar-refractivity contribution in [3.8, 4) is 5.75 Å². The third-order valence-electron chi connectivity index (χ3n) is 5.40. The summed E-state index contributed by atoms with van der Waals surface area (Å²) in [7, 11) is -1.64. The lowest BCUT2D eigenvalue weighted by Gasteiger charge is -2.39. The third kappa shape index (κ3) is 2.98. The van der Waals surface area contributed by atoms with Crippen molar-refractivity contribution in [1.82, 2.24) is 0 Å². The maximum absolute atomic E-state index is 9.64. The largest absolute Gasteiger partial charge is 0.508 e. The van der Waals surface area contributed by atoms with E-state index >= 15 is 0 Å². The van der Waals surface area contributed by atoms with Gasteiger partial charge in [0, 0.05) is 0 Å². The molecule has 3 rings (SSSR count). The van der Waals surface area contributed by atoms with Crippen LogP contribution >= 0.6 is 0 Å². The van der Waals surface area contributed by atoms with Gasteiger partial charge in [-0.15, -0.1) is 0 Å². The Kier molecular flexibility index (Phi) is 4.68. The highest BCUT2D eigenvalue weighted by Gasteiger charge is 2.40. The standard InChI is InChI=1S/C20H26OSi/c1-2-6-17-13-15-22(16-14-17,19-7-4-3-5-8-19)20-11-9-18(21)10-12-20/h3-5,7-12,17,21H,2,6,13-16H2,1H3. The molecule has 116 valence electrons. The van der Waals surface area contributed by atoms with Crippen molar-refractivity contribution in [1.29, 1.82) is 0 Å². The summed E-state index contributed by atoms with van der Waals surface area (Å²) in [5.41, 5.74) is 0. The van der Waals surface area contributed by atoms with E-state index in [1.54, 1.807) is 5.19 Å². The molecular formula is C20H26OSi. The van der Waals surface area contributed by atoms with Crippen LogP contribution in [0, 0.1) is 5.92 Å². The molecule has 0 atom stereocenters. The van der Waals surface area contributed by atoms with Crippen molar-refractivity contribution in [3.05, 3.63) is 54.6 Å². The van der Waals surface area contributed by atoms with E-state index in [2.05, 4.69) is 49.4 Å². The van der Waals surface area contributed by atoms with Crippen molar-refractivity contribution in [2.45, 2.75) is 44.7 Å². The van der Waals surface area contributed by atoms with Gasteiger partial charge in [-0.2, -0.15) is 0 Å². The van der Waals surface area contributed by atoms with Gasteiger partial charge in [0.1, 0.15) is 13.8 Å². The Morgan fingerprint density at radius 1 is 0.909 bits per heavy atom. The van der Waals surface area contributed by atoms with Crippen molar-refractivity contribution >= 4 is 18.4 Å². The Labute approximate surface area is 135 Å². The molecule has 1 aliphatic rings. The second-order valence-electron chi connectivity index (χ2n) is 6.73. The van der Waals surface area contributed by atoms with Crippen molar-refractivity contribution in [2.24, 2.45) is 5.92 Å². The maximum atomic E-state index is 9.64. The van der Waals surface area contributed by atoms with Gasteiger partial charge in [-0.25, -0.2) is 0 Å². The van der Waals surface area contributed by atoms with E-state index in [0.29, 0.717) is 5.75 Å². The van der Waals surface area contributed by atoms with Gasteiger partial charge in [0.2, 0.25) is 0 Å². The smallest absolute Gasteiger partial charge is 0.118 e. The molecule has 0 radical (unpaired) electrons. The molecule has 0 saturated carbocycles. The average Bonchev–Trinajstić information content (AvgIpc) is 2.58. The van der Waals surface area contributed by atoms with Gasteiger partial charge >= 0.3 is 0 Å². The molecule has 1 N–H and O–H groups in total. The predicted octanol–water partition coefficient (Wildman–Crippen LogP) is 4.17. The topological polar surface area (TPSA) is 20.2 Å². The summed E-state index contributed by atoms with van der Waals surface area (Å²) >= 11 is 0. The van der Waals surface area contributed by atoms with E-state index in [4.69, 9.17) is 0 Å². The Morgan fingerprint density at radius 3 is 2.09 bits per heavy atom. The third-order valence-corrected chi connectivity index (χ3v) is 10.6. The number of aromatic hydroxyl groups is 1. The molecule has 1 nitrogen and oxygen atoms in total. The van der Waals surface area contributed by atoms with Crippen LogP contribution in [0.5, 0.6) is 5.75 Å². The predicted molar refractivity (Wildman–Crippen MR) is 96.8 cm³/mol. The van der Waals surface area contributed by atoms with Gasteiger partial charge in [-0.1, -0.05) is 85.4 Å². The molecule has 1 heterocycles. The number of rotatable bonds is 4. The molecule has 2 aromatic carbocycles. The van der Waals surface area contributed by atoms with Crippen LogP contribution in [0.1, 0.15) is 32.6 Å². The number of hydrogen-bond acceptors (Lipinski definition) is 1. The minimum absolute atomic E-state index is 0.376. The summed E-state index contributed by atoms with van der Waals surface area (Å²) in [5, 5.41) is 12.7. The SMILES string of the molecule is CCCC1CC[Si](c2ccccc2)(c2ccc(O)cc2)CC1. The first-order valence-electron chi connectivity index (χ1n) is 8.59. The van der Waals surface area contributed by atoms with Gasteiger partial charge < -0.3 is 5.11 Å². The molecule has 22 heavy (non-hydrogen) atoms. The van der Waals surface area contributed by atoms with Crippen LogP contribution in [-0.4, -0.2) is 13.2 Å². The number of hydrogen-bond donors (Lipinski definition) is 1. The quantitative estimate of drug-likeness (QED) is 0.841. The summed E-state index contributed by atoms with van der Waals surface area (Å²) in [5.74, 6) is 1.30. The highest BCUT2D eigenvalue weighted by molar-refractivity contribution is 7.02. The van der Waals surface area contributed by atoms with Crippen LogP contribution in [0.15, 0.2) is 54.6 Å². The molecule has 2 heteroatoms. The van der Waals surface area contributed by atoms with Crippen LogP contribution in [0.3, 0.4) is 0 Å². The van der Waals surface area contributed by atoms with E-state index in [1.165, 1.54) is 43.0 Å². The molecule has 0 unspecified atom stereocenters. The molecule has 1 aliphatic heterocycles. The van der Waals surface area contributed by atoms with Gasteiger partial charge in [0.25, 0.3) is 0 Å². The first kappa shape index (κ1) is 15.4. The van der Waals surface area contributed by atoms with E-state index in [1.807, 2.05) is 12.1 Å². The molecular weight excluding hydrogens is 284 g/mol. The summed E-state index contributed by atoms with van der Waals surface area (Å²) < 4.78 is 0. The first-order chi connectivity index (χ1) is 10.7. The zero-order valence-corrected chi connectivity index (χ0v) is 14.5. The zero-order valence-electron chi connectivity index (χ0n) is 13.5. The first-order valence-corrected chi connectivity index (χ1v) is 11.0. The molecule has 2 aromatic rings. The molecule has 0 spiro atoms. The van der Waals surface area contributed by atoms with Crippen LogP contribution in [0.4, 0.5) is 0 Å². The Balaban J connectivity index is 1.95. The maximum Gasteiger partial charge on any atom is 0.118 e. The monoisotopic (exact) mass is 310 g/mol. The van der Waals surface area contributed by atoms with Gasteiger partial charge in [-0.3, -0.25) is 0 Å². The summed E-state index contributed by atoms with van der Waals surface area (Å²) in [6, 6.07) is 21.9. The highest BCUT2D eigenvalue weighted by Crippen LogP contribution is 2.34. The Hall–Kier alpha value is -1.54.